The number of esters is 1. The second-order valence-corrected chi connectivity index (χ2v) is 5.44. The molecule has 1 saturated heterocycles. The number of hydrogen-bond acceptors (Lipinski definition) is 4. The van der Waals surface area contributed by atoms with Gasteiger partial charge in [0.25, 0.3) is 0 Å². The minimum absolute atomic E-state index is 0.0148. The first-order chi connectivity index (χ1) is 8.65. The molecule has 0 aromatic heterocycles. The Labute approximate surface area is 110 Å². The van der Waals surface area contributed by atoms with Crippen molar-refractivity contribution < 1.29 is 14.3 Å². The number of nitrogens with one attached hydrogen (secondary N) is 1. The molecule has 18 heavy (non-hydrogen) atoms. The fourth-order valence-electron chi connectivity index (χ4n) is 1.81. The Morgan fingerprint density at radius 2 is 2.17 bits per heavy atom. The maximum atomic E-state index is 11.8. The molecule has 1 aromatic carbocycles. The molecule has 0 bridgehead atoms. The summed E-state index contributed by atoms with van der Waals surface area (Å²) in [5.41, 5.74) is 0. The normalized spacial score (nSPS) is 22.6. The Kier molecular flexibility index (Phi) is 4.25. The number of rotatable bonds is 4. The van der Waals surface area contributed by atoms with E-state index in [0.29, 0.717) is 6.42 Å². The molecule has 0 saturated carbocycles. The van der Waals surface area contributed by atoms with Crippen LogP contribution in [0.4, 0.5) is 0 Å². The van der Waals surface area contributed by atoms with Crippen LogP contribution in [0.1, 0.15) is 13.3 Å². The van der Waals surface area contributed by atoms with E-state index in [9.17, 15) is 9.59 Å². The third kappa shape index (κ3) is 3.50. The summed E-state index contributed by atoms with van der Waals surface area (Å²) in [6.45, 7) is 1.62. The zero-order valence-electron chi connectivity index (χ0n) is 10.1. The lowest BCUT2D eigenvalue weighted by Gasteiger charge is -2.09. The van der Waals surface area contributed by atoms with Gasteiger partial charge >= 0.3 is 5.97 Å². The Morgan fingerprint density at radius 3 is 2.83 bits per heavy atom. The highest BCUT2D eigenvalue weighted by molar-refractivity contribution is 8.00. The van der Waals surface area contributed by atoms with E-state index in [2.05, 4.69) is 5.32 Å². The third-order valence-electron chi connectivity index (χ3n) is 2.65. The Hall–Kier alpha value is -1.49. The monoisotopic (exact) mass is 265 g/mol. The molecule has 1 fully saturated rings. The Morgan fingerprint density at radius 1 is 1.44 bits per heavy atom. The predicted octanol–water partition coefficient (Wildman–Crippen LogP) is 1.60. The largest absolute Gasteiger partial charge is 0.464 e. The molecule has 2 atom stereocenters. The number of ether oxygens (including phenoxy) is 1. The first kappa shape index (κ1) is 13.0. The molecule has 1 N–H and O–H groups in total. The average molecular weight is 265 g/mol. The second-order valence-electron chi connectivity index (χ2n) is 4.16. The summed E-state index contributed by atoms with van der Waals surface area (Å²) in [5.74, 6) is -0.301. The van der Waals surface area contributed by atoms with Gasteiger partial charge < -0.3 is 10.1 Å². The van der Waals surface area contributed by atoms with Gasteiger partial charge in [-0.05, 0) is 18.6 Å². The van der Waals surface area contributed by atoms with Crippen molar-refractivity contribution in [1.82, 2.24) is 5.32 Å². The maximum Gasteiger partial charge on any atom is 0.302 e. The molecule has 5 heteroatoms. The van der Waals surface area contributed by atoms with Gasteiger partial charge in [-0.3, -0.25) is 9.59 Å². The lowest BCUT2D eigenvalue weighted by molar-refractivity contribution is -0.141. The first-order valence-corrected chi connectivity index (χ1v) is 6.68. The molecular formula is C13H15NO3S. The molecule has 0 spiro atoms. The second kappa shape index (κ2) is 5.91. The third-order valence-corrected chi connectivity index (χ3v) is 3.88. The van der Waals surface area contributed by atoms with Crippen LogP contribution in [0.15, 0.2) is 35.2 Å². The standard InChI is InChI=1S/C13H15NO3S/c1-9(15)17-8-10-7-12(13(16)14-10)18-11-5-3-2-4-6-11/h2-6,10,12H,7-8H2,1H3,(H,14,16)/t10-,12-/m0/s1. The van der Waals surface area contributed by atoms with Crippen molar-refractivity contribution in [1.29, 1.82) is 0 Å². The number of benzene rings is 1. The summed E-state index contributed by atoms with van der Waals surface area (Å²) < 4.78 is 4.91. The SMILES string of the molecule is CC(=O)OC[C@@H]1C[C@H](Sc2ccccc2)C(=O)N1. The van der Waals surface area contributed by atoms with Gasteiger partial charge in [0.1, 0.15) is 6.61 Å². The molecule has 1 heterocycles. The van der Waals surface area contributed by atoms with Crippen LogP contribution in [0, 0.1) is 0 Å². The molecule has 0 aliphatic carbocycles. The minimum Gasteiger partial charge on any atom is -0.464 e. The molecule has 96 valence electrons. The van der Waals surface area contributed by atoms with Crippen molar-refractivity contribution in [2.75, 3.05) is 6.61 Å². The molecular weight excluding hydrogens is 250 g/mol. The summed E-state index contributed by atoms with van der Waals surface area (Å²) in [5, 5.41) is 2.74. The molecule has 2 rings (SSSR count). The van der Waals surface area contributed by atoms with Crippen LogP contribution in [0.5, 0.6) is 0 Å². The van der Waals surface area contributed by atoms with Crippen LogP contribution < -0.4 is 5.32 Å². The van der Waals surface area contributed by atoms with E-state index >= 15 is 0 Å². The highest BCUT2D eigenvalue weighted by Gasteiger charge is 2.33. The lowest BCUT2D eigenvalue weighted by Crippen LogP contribution is -2.31. The van der Waals surface area contributed by atoms with E-state index in [1.54, 1.807) is 11.8 Å². The summed E-state index contributed by atoms with van der Waals surface area (Å²) in [6.07, 6.45) is 0.686. The summed E-state index contributed by atoms with van der Waals surface area (Å²) >= 11 is 1.54. The van der Waals surface area contributed by atoms with Gasteiger partial charge in [-0.2, -0.15) is 0 Å². The predicted molar refractivity (Wildman–Crippen MR) is 69.3 cm³/mol. The van der Waals surface area contributed by atoms with Gasteiger partial charge in [0.15, 0.2) is 0 Å². The minimum atomic E-state index is -0.316. The van der Waals surface area contributed by atoms with Crippen LogP contribution in [0.2, 0.25) is 0 Å². The van der Waals surface area contributed by atoms with Crippen molar-refractivity contribution in [2.45, 2.75) is 29.5 Å². The molecule has 1 amide bonds. The highest BCUT2D eigenvalue weighted by Crippen LogP contribution is 2.29. The number of carbonyl (C=O) groups excluding carboxylic acids is 2. The molecule has 1 aliphatic rings. The van der Waals surface area contributed by atoms with E-state index in [1.165, 1.54) is 6.92 Å². The fourth-order valence-corrected chi connectivity index (χ4v) is 2.96. The maximum absolute atomic E-state index is 11.8. The van der Waals surface area contributed by atoms with Crippen molar-refractivity contribution in [2.24, 2.45) is 0 Å². The van der Waals surface area contributed by atoms with Crippen molar-refractivity contribution in [3.05, 3.63) is 30.3 Å². The van der Waals surface area contributed by atoms with Gasteiger partial charge in [-0.25, -0.2) is 0 Å². The van der Waals surface area contributed by atoms with Crippen LogP contribution in [-0.4, -0.2) is 29.8 Å². The number of thioether (sulfide) groups is 1. The topological polar surface area (TPSA) is 55.4 Å². The van der Waals surface area contributed by atoms with Gasteiger partial charge in [-0.15, -0.1) is 11.8 Å². The Balaban J connectivity index is 1.87. The average Bonchev–Trinajstić information content (AvgIpc) is 2.69. The van der Waals surface area contributed by atoms with Crippen LogP contribution >= 0.6 is 11.8 Å². The molecule has 4 nitrogen and oxygen atoms in total. The van der Waals surface area contributed by atoms with Crippen LogP contribution in [-0.2, 0) is 14.3 Å². The quantitative estimate of drug-likeness (QED) is 0.840. The van der Waals surface area contributed by atoms with Gasteiger partial charge in [0.05, 0.1) is 11.3 Å². The van der Waals surface area contributed by atoms with Crippen molar-refractivity contribution >= 4 is 23.6 Å². The van der Waals surface area contributed by atoms with E-state index in [4.69, 9.17) is 4.74 Å². The van der Waals surface area contributed by atoms with E-state index in [-0.39, 0.29) is 29.8 Å². The van der Waals surface area contributed by atoms with Gasteiger partial charge in [-0.1, -0.05) is 18.2 Å². The van der Waals surface area contributed by atoms with E-state index in [0.717, 1.165) is 4.90 Å². The fraction of sp³-hybridized carbons (Fsp3) is 0.385. The molecule has 0 radical (unpaired) electrons. The summed E-state index contributed by atoms with van der Waals surface area (Å²) in [4.78, 5) is 23.6. The number of amides is 1. The smallest absolute Gasteiger partial charge is 0.302 e. The molecule has 1 aliphatic heterocycles. The van der Waals surface area contributed by atoms with Crippen LogP contribution in [0.25, 0.3) is 0 Å². The van der Waals surface area contributed by atoms with Gasteiger partial charge in [0.2, 0.25) is 5.91 Å². The van der Waals surface area contributed by atoms with Gasteiger partial charge in [0, 0.05) is 11.8 Å². The highest BCUT2D eigenvalue weighted by atomic mass is 32.2. The van der Waals surface area contributed by atoms with E-state index < -0.39 is 0 Å². The summed E-state index contributed by atoms with van der Waals surface area (Å²) in [6, 6.07) is 9.75. The van der Waals surface area contributed by atoms with Crippen LogP contribution in [0.3, 0.4) is 0 Å². The van der Waals surface area contributed by atoms with E-state index in [1.807, 2.05) is 30.3 Å². The molecule has 0 unspecified atom stereocenters. The number of hydrogen-bond donors (Lipinski definition) is 1. The zero-order chi connectivity index (χ0) is 13.0. The van der Waals surface area contributed by atoms with Crippen molar-refractivity contribution in [3.63, 3.8) is 0 Å². The number of carbonyl (C=O) groups is 2. The summed E-state index contributed by atoms with van der Waals surface area (Å²) in [7, 11) is 0. The lowest BCUT2D eigenvalue weighted by atomic mass is 10.2. The Bertz CT molecular complexity index is 435. The molecule has 1 aromatic rings. The first-order valence-electron chi connectivity index (χ1n) is 5.80. The zero-order valence-corrected chi connectivity index (χ0v) is 10.9. The van der Waals surface area contributed by atoms with Crippen molar-refractivity contribution in [3.8, 4) is 0 Å².